The molecule has 0 fully saturated rings. The van der Waals surface area contributed by atoms with Crippen LogP contribution < -0.4 is 5.32 Å². The molecule has 0 amide bonds. The van der Waals surface area contributed by atoms with Crippen molar-refractivity contribution in [1.29, 1.82) is 0 Å². The van der Waals surface area contributed by atoms with Gasteiger partial charge in [-0.25, -0.2) is 0 Å². The van der Waals surface area contributed by atoms with Crippen molar-refractivity contribution in [2.45, 2.75) is 26.7 Å². The van der Waals surface area contributed by atoms with Gasteiger partial charge in [0.05, 0.1) is 0 Å². The Morgan fingerprint density at radius 1 is 1.25 bits per heavy atom. The molecule has 0 aliphatic carbocycles. The lowest BCUT2D eigenvalue weighted by Crippen LogP contribution is -2.01. The monoisotopic (exact) mass is 212 g/mol. The van der Waals surface area contributed by atoms with Gasteiger partial charge in [-0.15, -0.1) is 0 Å². The molecule has 1 aromatic carbocycles. The highest BCUT2D eigenvalue weighted by molar-refractivity contribution is 6.00. The molecule has 2 nitrogen and oxygen atoms in total. The molecule has 0 bridgehead atoms. The fourth-order valence-corrected chi connectivity index (χ4v) is 2.53. The number of benzene rings is 1. The molecule has 2 heterocycles. The van der Waals surface area contributed by atoms with Gasteiger partial charge in [0.25, 0.3) is 0 Å². The van der Waals surface area contributed by atoms with Crippen LogP contribution >= 0.6 is 0 Å². The molecule has 0 aromatic heterocycles. The number of allylic oxidation sites excluding steroid dienone is 1. The largest absolute Gasteiger partial charge is 0.384 e. The highest BCUT2D eigenvalue weighted by Gasteiger charge is 2.21. The summed E-state index contributed by atoms with van der Waals surface area (Å²) in [5.74, 6) is 0. The van der Waals surface area contributed by atoms with Crippen LogP contribution in [0.1, 0.15) is 30.9 Å². The summed E-state index contributed by atoms with van der Waals surface area (Å²) in [4.78, 5) is 4.66. The fourth-order valence-electron chi connectivity index (χ4n) is 2.53. The summed E-state index contributed by atoms with van der Waals surface area (Å²) in [6.45, 7) is 5.26. The molecule has 0 spiro atoms. The fraction of sp³-hybridized carbons (Fsp3) is 0.357. The minimum atomic E-state index is 0.992. The second kappa shape index (κ2) is 3.48. The van der Waals surface area contributed by atoms with Crippen LogP contribution in [0.15, 0.2) is 28.9 Å². The van der Waals surface area contributed by atoms with Crippen molar-refractivity contribution in [1.82, 2.24) is 0 Å². The van der Waals surface area contributed by atoms with E-state index < -0.39 is 0 Å². The Bertz CT molecular complexity index is 509. The van der Waals surface area contributed by atoms with Crippen molar-refractivity contribution in [3.05, 3.63) is 35.0 Å². The highest BCUT2D eigenvalue weighted by atomic mass is 14.9. The minimum Gasteiger partial charge on any atom is -0.384 e. The molecule has 3 rings (SSSR count). The Morgan fingerprint density at radius 3 is 3.00 bits per heavy atom. The van der Waals surface area contributed by atoms with E-state index in [0.29, 0.717) is 0 Å². The average molecular weight is 212 g/mol. The van der Waals surface area contributed by atoms with Crippen LogP contribution in [0, 0.1) is 6.92 Å². The van der Waals surface area contributed by atoms with Gasteiger partial charge in [-0.3, -0.25) is 4.99 Å². The Balaban J connectivity index is 2.15. The predicted octanol–water partition coefficient (Wildman–Crippen LogP) is 3.39. The third-order valence-corrected chi connectivity index (χ3v) is 3.28. The number of nitrogens with zero attached hydrogens (tertiary/aromatic N) is 1. The first-order valence-corrected chi connectivity index (χ1v) is 5.85. The third kappa shape index (κ3) is 1.45. The van der Waals surface area contributed by atoms with Crippen molar-refractivity contribution in [2.75, 3.05) is 11.9 Å². The third-order valence-electron chi connectivity index (χ3n) is 3.28. The lowest BCUT2D eigenvalue weighted by atomic mass is 9.98. The summed E-state index contributed by atoms with van der Waals surface area (Å²) in [5, 5.41) is 3.48. The van der Waals surface area contributed by atoms with E-state index in [1.807, 2.05) is 0 Å². The quantitative estimate of drug-likeness (QED) is 0.700. The molecule has 0 unspecified atom stereocenters. The first-order valence-electron chi connectivity index (χ1n) is 5.85. The first kappa shape index (κ1) is 9.64. The number of fused-ring (bicyclic) bond motifs is 2. The summed E-state index contributed by atoms with van der Waals surface area (Å²) < 4.78 is 0. The van der Waals surface area contributed by atoms with Crippen LogP contribution in [-0.2, 0) is 0 Å². The molecule has 1 aromatic rings. The summed E-state index contributed by atoms with van der Waals surface area (Å²) in [7, 11) is 0. The highest BCUT2D eigenvalue weighted by Crippen LogP contribution is 2.37. The Kier molecular flexibility index (Phi) is 2.10. The maximum absolute atomic E-state index is 4.66. The second-order valence-electron chi connectivity index (χ2n) is 4.67. The maximum Gasteiger partial charge on any atom is 0.0463 e. The molecule has 82 valence electrons. The molecule has 2 aliphatic heterocycles. The van der Waals surface area contributed by atoms with Gasteiger partial charge in [-0.1, -0.05) is 11.6 Å². The summed E-state index contributed by atoms with van der Waals surface area (Å²) >= 11 is 0. The molecule has 2 heteroatoms. The van der Waals surface area contributed by atoms with Gasteiger partial charge in [-0.05, 0) is 31.6 Å². The van der Waals surface area contributed by atoms with Crippen LogP contribution in [-0.4, -0.2) is 12.3 Å². The van der Waals surface area contributed by atoms with Crippen LogP contribution in [0.5, 0.6) is 0 Å². The molecular formula is C14H16N2. The zero-order valence-corrected chi connectivity index (χ0v) is 9.80. The molecular weight excluding hydrogens is 196 g/mol. The topological polar surface area (TPSA) is 24.4 Å². The van der Waals surface area contributed by atoms with Gasteiger partial charge < -0.3 is 5.32 Å². The number of hydrogen-bond donors (Lipinski definition) is 1. The summed E-state index contributed by atoms with van der Waals surface area (Å²) in [6.07, 6.45) is 2.06. The Hall–Kier alpha value is -1.57. The van der Waals surface area contributed by atoms with Crippen LogP contribution in [0.25, 0.3) is 5.57 Å². The first-order chi connectivity index (χ1) is 7.74. The number of hydrogen-bond acceptors (Lipinski definition) is 2. The van der Waals surface area contributed by atoms with E-state index in [4.69, 9.17) is 0 Å². The minimum absolute atomic E-state index is 0.992. The van der Waals surface area contributed by atoms with E-state index in [1.54, 1.807) is 0 Å². The molecule has 2 aliphatic rings. The van der Waals surface area contributed by atoms with Crippen molar-refractivity contribution in [3.8, 4) is 0 Å². The van der Waals surface area contributed by atoms with Gasteiger partial charge in [0.1, 0.15) is 0 Å². The van der Waals surface area contributed by atoms with E-state index in [1.165, 1.54) is 33.8 Å². The second-order valence-corrected chi connectivity index (χ2v) is 4.67. The van der Waals surface area contributed by atoms with Crippen molar-refractivity contribution in [2.24, 2.45) is 4.99 Å². The van der Waals surface area contributed by atoms with E-state index in [2.05, 4.69) is 42.4 Å². The summed E-state index contributed by atoms with van der Waals surface area (Å²) in [6, 6.07) is 6.63. The SMILES string of the molecule is CC1=NC2=C(C1)c1cc(C)ccc1NCC2. The van der Waals surface area contributed by atoms with E-state index in [9.17, 15) is 0 Å². The zero-order chi connectivity index (χ0) is 11.1. The van der Waals surface area contributed by atoms with E-state index in [0.717, 1.165) is 19.4 Å². The zero-order valence-electron chi connectivity index (χ0n) is 9.80. The lowest BCUT2D eigenvalue weighted by molar-refractivity contribution is 0.998. The number of rotatable bonds is 0. The average Bonchev–Trinajstić information content (AvgIpc) is 2.54. The number of aliphatic imine (C=N–C) groups is 1. The Labute approximate surface area is 96.1 Å². The van der Waals surface area contributed by atoms with Crippen molar-refractivity contribution >= 4 is 17.0 Å². The maximum atomic E-state index is 4.66. The summed E-state index contributed by atoms with van der Waals surface area (Å²) in [5.41, 5.74) is 7.90. The molecule has 0 saturated carbocycles. The molecule has 0 radical (unpaired) electrons. The molecule has 0 atom stereocenters. The van der Waals surface area contributed by atoms with Crippen molar-refractivity contribution < 1.29 is 0 Å². The van der Waals surface area contributed by atoms with Gasteiger partial charge in [0.2, 0.25) is 0 Å². The Morgan fingerprint density at radius 2 is 2.12 bits per heavy atom. The van der Waals surface area contributed by atoms with Gasteiger partial charge in [-0.2, -0.15) is 0 Å². The van der Waals surface area contributed by atoms with Crippen LogP contribution in [0.2, 0.25) is 0 Å². The van der Waals surface area contributed by atoms with E-state index in [-0.39, 0.29) is 0 Å². The predicted molar refractivity (Wildman–Crippen MR) is 68.9 cm³/mol. The van der Waals surface area contributed by atoms with Crippen LogP contribution in [0.4, 0.5) is 5.69 Å². The van der Waals surface area contributed by atoms with Crippen molar-refractivity contribution in [3.63, 3.8) is 0 Å². The molecule has 1 N–H and O–H groups in total. The van der Waals surface area contributed by atoms with Gasteiger partial charge in [0, 0.05) is 42.0 Å². The van der Waals surface area contributed by atoms with Gasteiger partial charge in [0.15, 0.2) is 0 Å². The lowest BCUT2D eigenvalue weighted by Gasteiger charge is -2.10. The number of aryl methyl sites for hydroxylation is 1. The van der Waals surface area contributed by atoms with E-state index >= 15 is 0 Å². The molecule has 16 heavy (non-hydrogen) atoms. The molecule has 0 saturated heterocycles. The van der Waals surface area contributed by atoms with Gasteiger partial charge >= 0.3 is 0 Å². The number of nitrogens with one attached hydrogen (secondary N) is 1. The number of anilines is 1. The smallest absolute Gasteiger partial charge is 0.0463 e. The standard InChI is InChI=1S/C14H16N2/c1-9-3-4-13-11(7-9)12-8-10(2)16-14(12)5-6-15-13/h3-4,7,15H,5-6,8H2,1-2H3. The van der Waals surface area contributed by atoms with Crippen LogP contribution in [0.3, 0.4) is 0 Å². The normalized spacial score (nSPS) is 18.5.